The van der Waals surface area contributed by atoms with Crippen molar-refractivity contribution in [1.82, 2.24) is 0 Å². The number of amides is 1. The van der Waals surface area contributed by atoms with Crippen LogP contribution in [0.1, 0.15) is 19.8 Å². The summed E-state index contributed by atoms with van der Waals surface area (Å²) < 4.78 is 5.54. The van der Waals surface area contributed by atoms with Crippen LogP contribution < -0.4 is 5.32 Å². The van der Waals surface area contributed by atoms with Gasteiger partial charge in [-0.25, -0.2) is 0 Å². The molecule has 2 rings (SSSR count). The van der Waals surface area contributed by atoms with E-state index in [-0.39, 0.29) is 12.0 Å². The molecule has 1 N–H and O–H groups in total. The number of carbonyl (C=O) groups is 1. The number of thioether (sulfide) groups is 1. The minimum atomic E-state index is -0.386. The first kappa shape index (κ1) is 13.4. The molecule has 3 nitrogen and oxygen atoms in total. The molecule has 0 radical (unpaired) electrons. The number of rotatable bonds is 6. The first-order valence-corrected chi connectivity index (χ1v) is 7.48. The van der Waals surface area contributed by atoms with Gasteiger partial charge in [-0.15, -0.1) is 11.8 Å². The molecule has 1 aromatic rings. The maximum Gasteiger partial charge on any atom is 0.253 e. The molecule has 1 aliphatic carbocycles. The van der Waals surface area contributed by atoms with Gasteiger partial charge in [0.1, 0.15) is 6.10 Å². The van der Waals surface area contributed by atoms with Gasteiger partial charge in [-0.2, -0.15) is 0 Å². The lowest BCUT2D eigenvalue weighted by Gasteiger charge is -2.13. The summed E-state index contributed by atoms with van der Waals surface area (Å²) in [6.07, 6.45) is 4.11. The molecule has 1 saturated carbocycles. The summed E-state index contributed by atoms with van der Waals surface area (Å²) in [7, 11) is 0. The predicted molar refractivity (Wildman–Crippen MR) is 75.0 cm³/mol. The predicted octanol–water partition coefficient (Wildman–Crippen LogP) is 3.16. The van der Waals surface area contributed by atoms with E-state index in [1.54, 1.807) is 18.7 Å². The molecule has 1 unspecified atom stereocenters. The van der Waals surface area contributed by atoms with Crippen LogP contribution in [0.2, 0.25) is 0 Å². The number of benzene rings is 1. The Kier molecular flexibility index (Phi) is 4.66. The summed E-state index contributed by atoms with van der Waals surface area (Å²) in [6.45, 7) is 2.51. The number of hydrogen-bond donors (Lipinski definition) is 1. The Morgan fingerprint density at radius 2 is 2.33 bits per heavy atom. The first-order valence-electron chi connectivity index (χ1n) is 6.25. The third-order valence-electron chi connectivity index (χ3n) is 2.99. The highest BCUT2D eigenvalue weighted by atomic mass is 32.2. The fourth-order valence-corrected chi connectivity index (χ4v) is 2.04. The van der Waals surface area contributed by atoms with E-state index in [4.69, 9.17) is 4.74 Å². The quantitative estimate of drug-likeness (QED) is 0.803. The number of carbonyl (C=O) groups excluding carboxylic acids is 1. The largest absolute Gasteiger partial charge is 0.368 e. The van der Waals surface area contributed by atoms with Crippen molar-refractivity contribution < 1.29 is 9.53 Å². The second kappa shape index (κ2) is 6.25. The van der Waals surface area contributed by atoms with Crippen molar-refractivity contribution in [3.8, 4) is 0 Å². The van der Waals surface area contributed by atoms with Crippen molar-refractivity contribution in [2.75, 3.05) is 18.2 Å². The van der Waals surface area contributed by atoms with Crippen LogP contribution in [0.15, 0.2) is 29.2 Å². The van der Waals surface area contributed by atoms with Gasteiger partial charge in [0.15, 0.2) is 0 Å². The van der Waals surface area contributed by atoms with Gasteiger partial charge in [0.25, 0.3) is 5.91 Å². The van der Waals surface area contributed by atoms with Crippen molar-refractivity contribution >= 4 is 23.4 Å². The van der Waals surface area contributed by atoms with Crippen molar-refractivity contribution in [3.63, 3.8) is 0 Å². The maximum absolute atomic E-state index is 11.9. The Hall–Kier alpha value is -1.00. The third kappa shape index (κ3) is 4.03. The van der Waals surface area contributed by atoms with E-state index in [9.17, 15) is 4.79 Å². The zero-order valence-electron chi connectivity index (χ0n) is 10.8. The lowest BCUT2D eigenvalue weighted by atomic mass is 10.3. The molecule has 98 valence electrons. The Labute approximate surface area is 112 Å². The Morgan fingerprint density at radius 1 is 1.56 bits per heavy atom. The van der Waals surface area contributed by atoms with Gasteiger partial charge < -0.3 is 10.1 Å². The Balaban J connectivity index is 1.84. The van der Waals surface area contributed by atoms with Gasteiger partial charge in [-0.3, -0.25) is 4.79 Å². The number of nitrogens with one attached hydrogen (secondary N) is 1. The smallest absolute Gasteiger partial charge is 0.253 e. The zero-order valence-corrected chi connectivity index (χ0v) is 11.6. The van der Waals surface area contributed by atoms with Crippen LogP contribution in [-0.2, 0) is 9.53 Å². The summed E-state index contributed by atoms with van der Waals surface area (Å²) in [6, 6.07) is 7.83. The molecule has 1 amide bonds. The number of anilines is 1. The van der Waals surface area contributed by atoms with E-state index in [0.717, 1.165) is 10.6 Å². The van der Waals surface area contributed by atoms with Crippen molar-refractivity contribution in [2.24, 2.45) is 5.92 Å². The lowest BCUT2D eigenvalue weighted by Crippen LogP contribution is -2.28. The summed E-state index contributed by atoms with van der Waals surface area (Å²) in [5, 5.41) is 2.88. The molecular formula is C14H19NO2S. The molecule has 0 aliphatic heterocycles. The summed E-state index contributed by atoms with van der Waals surface area (Å²) in [4.78, 5) is 13.0. The topological polar surface area (TPSA) is 38.3 Å². The van der Waals surface area contributed by atoms with E-state index in [1.165, 1.54) is 12.8 Å². The molecular weight excluding hydrogens is 246 g/mol. The standard InChI is InChI=1S/C14H19NO2S/c1-10(17-9-11-6-7-11)14(16)15-12-4-3-5-13(8-12)18-2/h3-5,8,10-11H,6-7,9H2,1-2H3,(H,15,16). The van der Waals surface area contributed by atoms with Crippen LogP contribution >= 0.6 is 11.8 Å². The molecule has 1 atom stereocenters. The highest BCUT2D eigenvalue weighted by molar-refractivity contribution is 7.98. The highest BCUT2D eigenvalue weighted by Gasteiger charge is 2.24. The van der Waals surface area contributed by atoms with E-state index in [2.05, 4.69) is 5.32 Å². The lowest BCUT2D eigenvalue weighted by molar-refractivity contribution is -0.126. The number of ether oxygens (including phenoxy) is 1. The van der Waals surface area contributed by atoms with Gasteiger partial charge in [0, 0.05) is 10.6 Å². The van der Waals surface area contributed by atoms with Crippen LogP contribution in [0.3, 0.4) is 0 Å². The SMILES string of the molecule is CSc1cccc(NC(=O)C(C)OCC2CC2)c1. The first-order chi connectivity index (χ1) is 8.69. The molecule has 0 spiro atoms. The van der Waals surface area contributed by atoms with Gasteiger partial charge in [0.2, 0.25) is 0 Å². The summed E-state index contributed by atoms with van der Waals surface area (Å²) in [5.74, 6) is 0.606. The normalized spacial score (nSPS) is 16.3. The highest BCUT2D eigenvalue weighted by Crippen LogP contribution is 2.29. The molecule has 1 aliphatic rings. The van der Waals surface area contributed by atoms with E-state index in [1.807, 2.05) is 30.5 Å². The van der Waals surface area contributed by atoms with Crippen LogP contribution in [0.4, 0.5) is 5.69 Å². The molecule has 4 heteroatoms. The maximum atomic E-state index is 11.9. The molecule has 0 saturated heterocycles. The Morgan fingerprint density at radius 3 is 3.00 bits per heavy atom. The summed E-state index contributed by atoms with van der Waals surface area (Å²) in [5.41, 5.74) is 0.828. The van der Waals surface area contributed by atoms with Crippen LogP contribution in [0.5, 0.6) is 0 Å². The zero-order chi connectivity index (χ0) is 13.0. The molecule has 1 fully saturated rings. The van der Waals surface area contributed by atoms with Gasteiger partial charge in [-0.05, 0) is 50.1 Å². The van der Waals surface area contributed by atoms with Crippen LogP contribution in [0.25, 0.3) is 0 Å². The second-order valence-corrected chi connectivity index (χ2v) is 5.52. The minimum absolute atomic E-state index is 0.0751. The Bertz CT molecular complexity index is 418. The molecule has 1 aromatic carbocycles. The summed E-state index contributed by atoms with van der Waals surface area (Å²) >= 11 is 1.66. The van der Waals surface area contributed by atoms with Gasteiger partial charge in [0.05, 0.1) is 6.61 Å². The van der Waals surface area contributed by atoms with Crippen molar-refractivity contribution in [2.45, 2.75) is 30.8 Å². The van der Waals surface area contributed by atoms with Crippen molar-refractivity contribution in [1.29, 1.82) is 0 Å². The van der Waals surface area contributed by atoms with Gasteiger partial charge >= 0.3 is 0 Å². The molecule has 0 aromatic heterocycles. The van der Waals surface area contributed by atoms with E-state index >= 15 is 0 Å². The fourth-order valence-electron chi connectivity index (χ4n) is 1.59. The number of hydrogen-bond acceptors (Lipinski definition) is 3. The monoisotopic (exact) mass is 265 g/mol. The average Bonchev–Trinajstić information content (AvgIpc) is 3.20. The second-order valence-electron chi connectivity index (χ2n) is 4.64. The van der Waals surface area contributed by atoms with Gasteiger partial charge in [-0.1, -0.05) is 6.07 Å². The van der Waals surface area contributed by atoms with Crippen LogP contribution in [-0.4, -0.2) is 24.9 Å². The average molecular weight is 265 g/mol. The fraction of sp³-hybridized carbons (Fsp3) is 0.500. The molecule has 0 bridgehead atoms. The van der Waals surface area contributed by atoms with Crippen LogP contribution in [0, 0.1) is 5.92 Å². The minimum Gasteiger partial charge on any atom is -0.368 e. The van der Waals surface area contributed by atoms with Crippen molar-refractivity contribution in [3.05, 3.63) is 24.3 Å². The third-order valence-corrected chi connectivity index (χ3v) is 3.71. The molecule has 18 heavy (non-hydrogen) atoms. The van der Waals surface area contributed by atoms with E-state index in [0.29, 0.717) is 12.5 Å². The van der Waals surface area contributed by atoms with E-state index < -0.39 is 0 Å². The molecule has 0 heterocycles.